The van der Waals surface area contributed by atoms with Gasteiger partial charge in [-0.25, -0.2) is 0 Å². The second-order valence-electron chi connectivity index (χ2n) is 4.11. The van der Waals surface area contributed by atoms with Crippen molar-refractivity contribution in [3.63, 3.8) is 0 Å². The van der Waals surface area contributed by atoms with Gasteiger partial charge in [0.15, 0.2) is 0 Å². The largest absolute Gasteiger partial charge is 0.468 e. The van der Waals surface area contributed by atoms with Crippen molar-refractivity contribution in [1.82, 2.24) is 5.32 Å². The van der Waals surface area contributed by atoms with Gasteiger partial charge in [0, 0.05) is 6.61 Å². The summed E-state index contributed by atoms with van der Waals surface area (Å²) in [6, 6.07) is -0.276. The molecule has 0 spiro atoms. The number of rotatable bonds is 5. The Bertz CT molecular complexity index is 175. The van der Waals surface area contributed by atoms with Crippen LogP contribution in [0.4, 0.5) is 0 Å². The lowest BCUT2D eigenvalue weighted by atomic mass is 10.2. The summed E-state index contributed by atoms with van der Waals surface area (Å²) in [5, 5.41) is 2.88. The van der Waals surface area contributed by atoms with Crippen molar-refractivity contribution in [3.05, 3.63) is 0 Å². The number of methoxy groups -OCH3 is 1. The highest BCUT2D eigenvalue weighted by atomic mass is 16.5. The van der Waals surface area contributed by atoms with Crippen LogP contribution in [0.2, 0.25) is 0 Å². The number of carbonyl (C=O) groups is 1. The highest BCUT2D eigenvalue weighted by Crippen LogP contribution is 2.08. The Morgan fingerprint density at radius 1 is 1.43 bits per heavy atom. The molecule has 0 rings (SSSR count). The SMILES string of the molecule is CNC(CCOC(C)(C)C)C(=O)OC. The van der Waals surface area contributed by atoms with Crippen LogP contribution in [-0.2, 0) is 14.3 Å². The molecule has 84 valence electrons. The molecule has 0 radical (unpaired) electrons. The normalized spacial score (nSPS) is 13.8. The van der Waals surface area contributed by atoms with Crippen molar-refractivity contribution < 1.29 is 14.3 Å². The first kappa shape index (κ1) is 13.4. The first-order valence-corrected chi connectivity index (χ1v) is 4.79. The van der Waals surface area contributed by atoms with Crippen LogP contribution in [0.15, 0.2) is 0 Å². The van der Waals surface area contributed by atoms with Gasteiger partial charge in [0.2, 0.25) is 0 Å². The fraction of sp³-hybridized carbons (Fsp3) is 0.900. The predicted octanol–water partition coefficient (Wildman–Crippen LogP) is 0.953. The van der Waals surface area contributed by atoms with E-state index >= 15 is 0 Å². The molecule has 0 heterocycles. The molecule has 0 fully saturated rings. The van der Waals surface area contributed by atoms with Gasteiger partial charge in [0.1, 0.15) is 6.04 Å². The number of ether oxygens (including phenoxy) is 2. The zero-order valence-corrected chi connectivity index (χ0v) is 9.72. The Morgan fingerprint density at radius 3 is 2.36 bits per heavy atom. The van der Waals surface area contributed by atoms with E-state index in [2.05, 4.69) is 10.1 Å². The fourth-order valence-corrected chi connectivity index (χ4v) is 1.01. The van der Waals surface area contributed by atoms with E-state index in [0.717, 1.165) is 0 Å². The van der Waals surface area contributed by atoms with Crippen molar-refractivity contribution in [1.29, 1.82) is 0 Å². The third-order valence-corrected chi connectivity index (χ3v) is 1.78. The topological polar surface area (TPSA) is 47.6 Å². The molecule has 0 aromatic heterocycles. The summed E-state index contributed by atoms with van der Waals surface area (Å²) in [5.41, 5.74) is -0.158. The summed E-state index contributed by atoms with van der Waals surface area (Å²) in [4.78, 5) is 11.2. The maximum Gasteiger partial charge on any atom is 0.322 e. The standard InChI is InChI=1S/C10H21NO3/c1-10(2,3)14-7-6-8(11-4)9(12)13-5/h8,11H,6-7H2,1-5H3. The average molecular weight is 203 g/mol. The number of hydrogen-bond acceptors (Lipinski definition) is 4. The van der Waals surface area contributed by atoms with E-state index in [1.165, 1.54) is 7.11 Å². The summed E-state index contributed by atoms with van der Waals surface area (Å²) >= 11 is 0. The van der Waals surface area contributed by atoms with Gasteiger partial charge in [0.25, 0.3) is 0 Å². The zero-order valence-electron chi connectivity index (χ0n) is 9.72. The second kappa shape index (κ2) is 5.98. The molecule has 1 unspecified atom stereocenters. The van der Waals surface area contributed by atoms with E-state index in [4.69, 9.17) is 4.74 Å². The predicted molar refractivity (Wildman–Crippen MR) is 55.2 cm³/mol. The minimum atomic E-state index is -0.276. The van der Waals surface area contributed by atoms with E-state index in [0.29, 0.717) is 13.0 Å². The monoisotopic (exact) mass is 203 g/mol. The highest BCUT2D eigenvalue weighted by molar-refractivity contribution is 5.75. The lowest BCUT2D eigenvalue weighted by Gasteiger charge is -2.21. The van der Waals surface area contributed by atoms with Crippen LogP contribution in [-0.4, -0.2) is 38.4 Å². The Morgan fingerprint density at radius 2 is 2.00 bits per heavy atom. The summed E-state index contributed by atoms with van der Waals surface area (Å²) < 4.78 is 10.1. The Balaban J connectivity index is 3.80. The molecule has 0 aliphatic carbocycles. The molecule has 0 aliphatic rings. The molecule has 4 heteroatoms. The van der Waals surface area contributed by atoms with Crippen LogP contribution in [0.3, 0.4) is 0 Å². The van der Waals surface area contributed by atoms with Gasteiger partial charge in [0.05, 0.1) is 12.7 Å². The molecule has 0 aliphatic heterocycles. The molecule has 0 bridgehead atoms. The maximum absolute atomic E-state index is 11.2. The van der Waals surface area contributed by atoms with Crippen molar-refractivity contribution in [2.45, 2.75) is 38.8 Å². The molecule has 1 atom stereocenters. The number of likely N-dealkylation sites (N-methyl/N-ethyl adjacent to an activating group) is 1. The minimum absolute atomic E-state index is 0.158. The molecule has 4 nitrogen and oxygen atoms in total. The lowest BCUT2D eigenvalue weighted by Crippen LogP contribution is -2.36. The summed E-state index contributed by atoms with van der Waals surface area (Å²) in [7, 11) is 3.12. The van der Waals surface area contributed by atoms with Crippen LogP contribution < -0.4 is 5.32 Å². The quantitative estimate of drug-likeness (QED) is 0.676. The van der Waals surface area contributed by atoms with Crippen LogP contribution in [0.25, 0.3) is 0 Å². The Kier molecular flexibility index (Phi) is 5.72. The number of carbonyl (C=O) groups excluding carboxylic acids is 1. The number of esters is 1. The van der Waals surface area contributed by atoms with Crippen molar-refractivity contribution in [3.8, 4) is 0 Å². The van der Waals surface area contributed by atoms with Gasteiger partial charge in [-0.15, -0.1) is 0 Å². The van der Waals surface area contributed by atoms with E-state index < -0.39 is 0 Å². The highest BCUT2D eigenvalue weighted by Gasteiger charge is 2.18. The zero-order chi connectivity index (χ0) is 11.2. The second-order valence-corrected chi connectivity index (χ2v) is 4.11. The molecular weight excluding hydrogens is 182 g/mol. The molecule has 0 aromatic carbocycles. The smallest absolute Gasteiger partial charge is 0.322 e. The summed E-state index contributed by atoms with van der Waals surface area (Å²) in [6.45, 7) is 6.50. The molecule has 0 amide bonds. The van der Waals surface area contributed by atoms with Gasteiger partial charge in [-0.05, 0) is 34.2 Å². The minimum Gasteiger partial charge on any atom is -0.468 e. The number of nitrogens with one attached hydrogen (secondary N) is 1. The lowest BCUT2D eigenvalue weighted by molar-refractivity contribution is -0.143. The van der Waals surface area contributed by atoms with Gasteiger partial charge < -0.3 is 14.8 Å². The average Bonchev–Trinajstić information content (AvgIpc) is 2.09. The van der Waals surface area contributed by atoms with Crippen LogP contribution in [0, 0.1) is 0 Å². The van der Waals surface area contributed by atoms with Crippen LogP contribution >= 0.6 is 0 Å². The molecule has 0 aromatic rings. The Hall–Kier alpha value is -0.610. The van der Waals surface area contributed by atoms with Gasteiger partial charge in [-0.2, -0.15) is 0 Å². The molecule has 0 saturated heterocycles. The van der Waals surface area contributed by atoms with Gasteiger partial charge in [-0.3, -0.25) is 4.79 Å². The molecule has 14 heavy (non-hydrogen) atoms. The van der Waals surface area contributed by atoms with Gasteiger partial charge >= 0.3 is 5.97 Å². The summed E-state index contributed by atoms with van der Waals surface area (Å²) in [5.74, 6) is -0.245. The van der Waals surface area contributed by atoms with E-state index in [1.54, 1.807) is 7.05 Å². The van der Waals surface area contributed by atoms with Crippen molar-refractivity contribution >= 4 is 5.97 Å². The first-order valence-electron chi connectivity index (χ1n) is 4.79. The van der Waals surface area contributed by atoms with Crippen LogP contribution in [0.5, 0.6) is 0 Å². The Labute approximate surface area is 86.0 Å². The van der Waals surface area contributed by atoms with Crippen LogP contribution in [0.1, 0.15) is 27.2 Å². The van der Waals surface area contributed by atoms with E-state index in [-0.39, 0.29) is 17.6 Å². The third-order valence-electron chi connectivity index (χ3n) is 1.78. The van der Waals surface area contributed by atoms with Gasteiger partial charge in [-0.1, -0.05) is 0 Å². The number of hydrogen-bond donors (Lipinski definition) is 1. The van der Waals surface area contributed by atoms with Crippen molar-refractivity contribution in [2.75, 3.05) is 20.8 Å². The van der Waals surface area contributed by atoms with E-state index in [9.17, 15) is 4.79 Å². The first-order chi connectivity index (χ1) is 6.40. The maximum atomic E-state index is 11.2. The molecular formula is C10H21NO3. The molecule has 0 saturated carbocycles. The fourth-order valence-electron chi connectivity index (χ4n) is 1.01. The van der Waals surface area contributed by atoms with Crippen molar-refractivity contribution in [2.24, 2.45) is 0 Å². The third kappa shape index (κ3) is 5.94. The molecule has 1 N–H and O–H groups in total. The summed E-state index contributed by atoms with van der Waals surface area (Å²) in [6.07, 6.45) is 0.625. The van der Waals surface area contributed by atoms with E-state index in [1.807, 2.05) is 20.8 Å².